The molecule has 0 aliphatic heterocycles. The molecule has 0 aromatic heterocycles. The van der Waals surface area contributed by atoms with Crippen LogP contribution in [-0.2, 0) is 0 Å². The maximum absolute atomic E-state index is 9.67. The zero-order valence-electron chi connectivity index (χ0n) is 10.9. The van der Waals surface area contributed by atoms with E-state index in [4.69, 9.17) is 10.5 Å². The fraction of sp³-hybridized carbons (Fsp3) is 0.538. The number of nitrogen functional groups attached to an aromatic ring is 1. The van der Waals surface area contributed by atoms with Crippen LogP contribution >= 0.6 is 0 Å². The number of para-hydroxylation sites is 1. The summed E-state index contributed by atoms with van der Waals surface area (Å²) in [5.41, 5.74) is 6.91. The number of hydrogen-bond donors (Lipinski definition) is 3. The van der Waals surface area contributed by atoms with Crippen LogP contribution in [0.4, 0.5) is 11.4 Å². The fourth-order valence-corrected chi connectivity index (χ4v) is 1.39. The zero-order valence-corrected chi connectivity index (χ0v) is 10.9. The third-order valence-corrected chi connectivity index (χ3v) is 2.87. The molecule has 4 N–H and O–H groups in total. The summed E-state index contributed by atoms with van der Waals surface area (Å²) in [5.74, 6) is 0.666. The van der Waals surface area contributed by atoms with Crippen molar-refractivity contribution in [2.45, 2.75) is 39.3 Å². The van der Waals surface area contributed by atoms with E-state index in [1.54, 1.807) is 6.92 Å². The fourth-order valence-electron chi connectivity index (χ4n) is 1.39. The number of anilines is 2. The summed E-state index contributed by atoms with van der Waals surface area (Å²) in [6, 6.07) is 5.59. The SMILES string of the molecule is CCOc1cccc(NC(C)(C)C(C)O)c1N. The maximum atomic E-state index is 9.67. The summed E-state index contributed by atoms with van der Waals surface area (Å²) in [6.45, 7) is 8.08. The molecule has 1 unspecified atom stereocenters. The Balaban J connectivity index is 2.96. The molecule has 1 rings (SSSR count). The molecule has 0 bridgehead atoms. The van der Waals surface area contributed by atoms with E-state index in [-0.39, 0.29) is 0 Å². The van der Waals surface area contributed by atoms with Crippen molar-refractivity contribution in [2.75, 3.05) is 17.7 Å². The lowest BCUT2D eigenvalue weighted by molar-refractivity contribution is 0.133. The second kappa shape index (κ2) is 5.27. The highest BCUT2D eigenvalue weighted by Gasteiger charge is 2.24. The minimum atomic E-state index is -0.488. The van der Waals surface area contributed by atoms with Crippen molar-refractivity contribution in [3.63, 3.8) is 0 Å². The van der Waals surface area contributed by atoms with Gasteiger partial charge >= 0.3 is 0 Å². The van der Waals surface area contributed by atoms with Crippen molar-refractivity contribution in [1.82, 2.24) is 0 Å². The topological polar surface area (TPSA) is 67.5 Å². The summed E-state index contributed by atoms with van der Waals surface area (Å²) in [7, 11) is 0. The van der Waals surface area contributed by atoms with Crippen LogP contribution in [-0.4, -0.2) is 23.4 Å². The molecule has 0 radical (unpaired) electrons. The number of nitrogens with two attached hydrogens (primary N) is 1. The molecule has 0 spiro atoms. The zero-order chi connectivity index (χ0) is 13.1. The van der Waals surface area contributed by atoms with E-state index < -0.39 is 11.6 Å². The predicted octanol–water partition coefficient (Wildman–Crippen LogP) is 2.24. The molecular weight excluding hydrogens is 216 g/mol. The van der Waals surface area contributed by atoms with Crippen LogP contribution in [0.2, 0.25) is 0 Å². The highest BCUT2D eigenvalue weighted by Crippen LogP contribution is 2.31. The van der Waals surface area contributed by atoms with Gasteiger partial charge in [0.25, 0.3) is 0 Å². The number of benzene rings is 1. The molecule has 96 valence electrons. The van der Waals surface area contributed by atoms with Gasteiger partial charge in [0.2, 0.25) is 0 Å². The quantitative estimate of drug-likeness (QED) is 0.688. The lowest BCUT2D eigenvalue weighted by atomic mass is 9.98. The van der Waals surface area contributed by atoms with Gasteiger partial charge in [-0.05, 0) is 39.8 Å². The van der Waals surface area contributed by atoms with Crippen LogP contribution in [0.3, 0.4) is 0 Å². The van der Waals surface area contributed by atoms with Crippen molar-refractivity contribution >= 4 is 11.4 Å². The third-order valence-electron chi connectivity index (χ3n) is 2.87. The van der Waals surface area contributed by atoms with Crippen molar-refractivity contribution in [1.29, 1.82) is 0 Å². The van der Waals surface area contributed by atoms with Crippen LogP contribution in [0, 0.1) is 0 Å². The molecule has 4 nitrogen and oxygen atoms in total. The Labute approximate surface area is 103 Å². The molecule has 0 saturated heterocycles. The first-order valence-corrected chi connectivity index (χ1v) is 5.86. The lowest BCUT2D eigenvalue weighted by Crippen LogP contribution is -2.42. The highest BCUT2D eigenvalue weighted by atomic mass is 16.5. The van der Waals surface area contributed by atoms with Gasteiger partial charge in [-0.15, -0.1) is 0 Å². The molecule has 0 aliphatic carbocycles. The molecule has 1 aromatic rings. The van der Waals surface area contributed by atoms with Crippen LogP contribution in [0.25, 0.3) is 0 Å². The second-order valence-corrected chi connectivity index (χ2v) is 4.67. The molecular formula is C13H22N2O2. The average Bonchev–Trinajstić information content (AvgIpc) is 2.24. The summed E-state index contributed by atoms with van der Waals surface area (Å²) in [6.07, 6.45) is -0.488. The Morgan fingerprint density at radius 2 is 2.12 bits per heavy atom. The van der Waals surface area contributed by atoms with Crippen LogP contribution < -0.4 is 15.8 Å². The Morgan fingerprint density at radius 3 is 2.65 bits per heavy atom. The Morgan fingerprint density at radius 1 is 1.47 bits per heavy atom. The third kappa shape index (κ3) is 3.27. The van der Waals surface area contributed by atoms with Gasteiger partial charge in [0.1, 0.15) is 5.75 Å². The van der Waals surface area contributed by atoms with E-state index in [1.165, 1.54) is 0 Å². The first-order chi connectivity index (χ1) is 7.88. The molecule has 0 amide bonds. The number of aliphatic hydroxyl groups excluding tert-OH is 1. The van der Waals surface area contributed by atoms with Crippen LogP contribution in [0.5, 0.6) is 5.75 Å². The minimum Gasteiger partial charge on any atom is -0.492 e. The average molecular weight is 238 g/mol. The molecule has 1 aromatic carbocycles. The molecule has 0 fully saturated rings. The predicted molar refractivity (Wildman–Crippen MR) is 71.4 cm³/mol. The number of nitrogens with one attached hydrogen (secondary N) is 1. The van der Waals surface area contributed by atoms with Crippen LogP contribution in [0.1, 0.15) is 27.7 Å². The van der Waals surface area contributed by atoms with Crippen molar-refractivity contribution in [3.05, 3.63) is 18.2 Å². The molecule has 0 heterocycles. The van der Waals surface area contributed by atoms with E-state index in [1.807, 2.05) is 39.0 Å². The van der Waals surface area contributed by atoms with Crippen LogP contribution in [0.15, 0.2) is 18.2 Å². The van der Waals surface area contributed by atoms with Gasteiger partial charge in [0, 0.05) is 0 Å². The molecule has 1 atom stereocenters. The van der Waals surface area contributed by atoms with Gasteiger partial charge in [-0.1, -0.05) is 6.07 Å². The standard InChI is InChI=1S/C13H22N2O2/c1-5-17-11-8-6-7-10(12(11)14)15-13(3,4)9(2)16/h6-9,15-16H,5,14H2,1-4H3. The molecule has 0 aliphatic rings. The molecule has 4 heteroatoms. The Kier molecular flexibility index (Phi) is 4.23. The highest BCUT2D eigenvalue weighted by molar-refractivity contribution is 5.73. The van der Waals surface area contributed by atoms with Crippen molar-refractivity contribution in [2.24, 2.45) is 0 Å². The van der Waals surface area contributed by atoms with Gasteiger partial charge in [-0.25, -0.2) is 0 Å². The normalized spacial score (nSPS) is 13.2. The lowest BCUT2D eigenvalue weighted by Gasteiger charge is -2.31. The van der Waals surface area contributed by atoms with E-state index >= 15 is 0 Å². The molecule has 0 saturated carbocycles. The van der Waals surface area contributed by atoms with Gasteiger partial charge in [-0.3, -0.25) is 0 Å². The van der Waals surface area contributed by atoms with Gasteiger partial charge in [0.15, 0.2) is 0 Å². The summed E-state index contributed by atoms with van der Waals surface area (Å²) in [5, 5.41) is 12.9. The van der Waals surface area contributed by atoms with E-state index in [0.29, 0.717) is 18.0 Å². The number of hydrogen-bond acceptors (Lipinski definition) is 4. The largest absolute Gasteiger partial charge is 0.492 e. The van der Waals surface area contributed by atoms with E-state index in [2.05, 4.69) is 5.32 Å². The van der Waals surface area contributed by atoms with Gasteiger partial charge < -0.3 is 20.9 Å². The van der Waals surface area contributed by atoms with Crippen molar-refractivity contribution < 1.29 is 9.84 Å². The van der Waals surface area contributed by atoms with E-state index in [0.717, 1.165) is 5.69 Å². The maximum Gasteiger partial charge on any atom is 0.144 e. The summed E-state index contributed by atoms with van der Waals surface area (Å²) in [4.78, 5) is 0. The monoisotopic (exact) mass is 238 g/mol. The summed E-state index contributed by atoms with van der Waals surface area (Å²) >= 11 is 0. The first kappa shape index (κ1) is 13.6. The smallest absolute Gasteiger partial charge is 0.144 e. The first-order valence-electron chi connectivity index (χ1n) is 5.86. The van der Waals surface area contributed by atoms with Gasteiger partial charge in [-0.2, -0.15) is 0 Å². The second-order valence-electron chi connectivity index (χ2n) is 4.67. The molecule has 17 heavy (non-hydrogen) atoms. The van der Waals surface area contributed by atoms with E-state index in [9.17, 15) is 5.11 Å². The number of rotatable bonds is 5. The Hall–Kier alpha value is -1.42. The van der Waals surface area contributed by atoms with Gasteiger partial charge in [0.05, 0.1) is 29.6 Å². The Bertz CT molecular complexity index is 376. The number of aliphatic hydroxyl groups is 1. The van der Waals surface area contributed by atoms with Crippen molar-refractivity contribution in [3.8, 4) is 5.75 Å². The minimum absolute atomic E-state index is 0.445. The number of ether oxygens (including phenoxy) is 1. The summed E-state index contributed by atoms with van der Waals surface area (Å²) < 4.78 is 5.42.